The Morgan fingerprint density at radius 1 is 1.04 bits per heavy atom. The number of nitrogens with zero attached hydrogens (tertiary/aromatic N) is 2. The maximum atomic E-state index is 3.58. The van der Waals surface area contributed by atoms with E-state index in [0.29, 0.717) is 18.0 Å². The Balaban J connectivity index is 1.82. The van der Waals surface area contributed by atoms with Crippen LogP contribution in [0.1, 0.15) is 63.1 Å². The van der Waals surface area contributed by atoms with Crippen LogP contribution >= 0.6 is 0 Å². The highest BCUT2D eigenvalue weighted by molar-refractivity contribution is 5.27. The number of benzene rings is 1. The number of nitrogens with one attached hydrogen (secondary N) is 1. The van der Waals surface area contributed by atoms with Crippen LogP contribution < -0.4 is 5.32 Å². The fraction of sp³-hybridized carbons (Fsp3) is 0.714. The average Bonchev–Trinajstić information content (AvgIpc) is 3.13. The topological polar surface area (TPSA) is 18.5 Å². The van der Waals surface area contributed by atoms with Crippen molar-refractivity contribution >= 4 is 0 Å². The Morgan fingerprint density at radius 3 is 2.33 bits per heavy atom. The Labute approximate surface area is 148 Å². The van der Waals surface area contributed by atoms with Gasteiger partial charge in [0.2, 0.25) is 0 Å². The number of piperazine rings is 1. The minimum absolute atomic E-state index is 0.538. The van der Waals surface area contributed by atoms with Gasteiger partial charge in [0.25, 0.3) is 0 Å². The van der Waals surface area contributed by atoms with E-state index in [2.05, 4.69) is 60.2 Å². The molecule has 0 aliphatic carbocycles. The number of hydrogen-bond acceptors (Lipinski definition) is 3. The van der Waals surface area contributed by atoms with Gasteiger partial charge in [0.15, 0.2) is 0 Å². The first kappa shape index (κ1) is 17.9. The van der Waals surface area contributed by atoms with Crippen LogP contribution in [0, 0.1) is 0 Å². The van der Waals surface area contributed by atoms with Crippen LogP contribution in [0.2, 0.25) is 0 Å². The molecule has 3 rings (SSSR count). The molecule has 0 amide bonds. The Morgan fingerprint density at radius 2 is 1.71 bits per heavy atom. The van der Waals surface area contributed by atoms with E-state index in [1.807, 2.05) is 0 Å². The van der Waals surface area contributed by atoms with Gasteiger partial charge >= 0.3 is 0 Å². The highest BCUT2D eigenvalue weighted by Gasteiger charge is 2.30. The molecule has 2 atom stereocenters. The molecule has 2 saturated heterocycles. The molecular formula is C21H35N3. The van der Waals surface area contributed by atoms with Crippen LogP contribution in [0.25, 0.3) is 0 Å². The third-order valence-electron chi connectivity index (χ3n) is 5.89. The van der Waals surface area contributed by atoms with E-state index in [1.54, 1.807) is 0 Å². The highest BCUT2D eigenvalue weighted by Crippen LogP contribution is 2.28. The fourth-order valence-electron chi connectivity index (χ4n) is 4.28. The summed E-state index contributed by atoms with van der Waals surface area (Å²) in [5.41, 5.74) is 2.96. The van der Waals surface area contributed by atoms with Crippen LogP contribution in [-0.2, 0) is 0 Å². The maximum Gasteiger partial charge on any atom is 0.0479 e. The molecule has 0 bridgehead atoms. The molecule has 1 aromatic rings. The molecule has 0 saturated carbocycles. The molecule has 0 spiro atoms. The summed E-state index contributed by atoms with van der Waals surface area (Å²) in [4.78, 5) is 5.45. The lowest BCUT2D eigenvalue weighted by molar-refractivity contribution is 0.0798. The predicted octanol–water partition coefficient (Wildman–Crippen LogP) is 3.63. The third-order valence-corrected chi connectivity index (χ3v) is 5.89. The van der Waals surface area contributed by atoms with Crippen LogP contribution in [0.15, 0.2) is 24.3 Å². The largest absolute Gasteiger partial charge is 0.314 e. The lowest BCUT2D eigenvalue weighted by Gasteiger charge is -2.43. The van der Waals surface area contributed by atoms with Gasteiger partial charge in [-0.25, -0.2) is 0 Å². The van der Waals surface area contributed by atoms with E-state index in [-0.39, 0.29) is 0 Å². The number of likely N-dealkylation sites (tertiary alicyclic amines) is 1. The van der Waals surface area contributed by atoms with Gasteiger partial charge in [-0.3, -0.25) is 4.90 Å². The summed E-state index contributed by atoms with van der Waals surface area (Å²) in [7, 11) is 0. The van der Waals surface area contributed by atoms with Crippen molar-refractivity contribution in [2.75, 3.05) is 39.3 Å². The summed E-state index contributed by atoms with van der Waals surface area (Å²) in [6, 6.07) is 10.7. The molecule has 2 fully saturated rings. The van der Waals surface area contributed by atoms with Gasteiger partial charge in [-0.05, 0) is 49.4 Å². The zero-order valence-electron chi connectivity index (χ0n) is 15.8. The molecule has 24 heavy (non-hydrogen) atoms. The monoisotopic (exact) mass is 329 g/mol. The molecule has 3 heteroatoms. The predicted molar refractivity (Wildman–Crippen MR) is 103 cm³/mol. The van der Waals surface area contributed by atoms with E-state index in [1.165, 1.54) is 56.6 Å². The van der Waals surface area contributed by atoms with Crippen molar-refractivity contribution in [3.05, 3.63) is 35.4 Å². The van der Waals surface area contributed by atoms with Crippen LogP contribution in [-0.4, -0.2) is 55.1 Å². The van der Waals surface area contributed by atoms with Crippen molar-refractivity contribution in [3.8, 4) is 0 Å². The summed E-state index contributed by atoms with van der Waals surface area (Å²) in [5, 5.41) is 3.58. The van der Waals surface area contributed by atoms with Gasteiger partial charge in [-0.15, -0.1) is 0 Å². The highest BCUT2D eigenvalue weighted by atomic mass is 15.3. The fourth-order valence-corrected chi connectivity index (χ4v) is 4.28. The Kier molecular flexibility index (Phi) is 6.31. The average molecular weight is 330 g/mol. The van der Waals surface area contributed by atoms with E-state index < -0.39 is 0 Å². The van der Waals surface area contributed by atoms with Crippen molar-refractivity contribution < 1.29 is 0 Å². The van der Waals surface area contributed by atoms with Gasteiger partial charge in [-0.1, -0.05) is 45.0 Å². The van der Waals surface area contributed by atoms with Crippen molar-refractivity contribution in [2.45, 2.75) is 58.0 Å². The lowest BCUT2D eigenvalue weighted by atomic mass is 9.96. The van der Waals surface area contributed by atoms with Crippen molar-refractivity contribution in [1.82, 2.24) is 15.1 Å². The molecule has 0 aromatic heterocycles. The van der Waals surface area contributed by atoms with Gasteiger partial charge in [0, 0.05) is 38.3 Å². The minimum Gasteiger partial charge on any atom is -0.314 e. The molecule has 2 aliphatic rings. The van der Waals surface area contributed by atoms with E-state index in [9.17, 15) is 0 Å². The van der Waals surface area contributed by atoms with E-state index in [0.717, 1.165) is 13.1 Å². The third kappa shape index (κ3) is 4.19. The molecule has 2 unspecified atom stereocenters. The van der Waals surface area contributed by atoms with Gasteiger partial charge in [0.1, 0.15) is 0 Å². The van der Waals surface area contributed by atoms with Gasteiger partial charge in [0.05, 0.1) is 0 Å². The van der Waals surface area contributed by atoms with Crippen LogP contribution in [0.5, 0.6) is 0 Å². The minimum atomic E-state index is 0.538. The summed E-state index contributed by atoms with van der Waals surface area (Å²) in [6.07, 6.45) is 3.98. The second-order valence-corrected chi connectivity index (χ2v) is 7.85. The quantitative estimate of drug-likeness (QED) is 0.860. The number of rotatable bonds is 6. The van der Waals surface area contributed by atoms with Crippen molar-refractivity contribution in [1.29, 1.82) is 0 Å². The second kappa shape index (κ2) is 8.46. The first-order valence-electron chi connectivity index (χ1n) is 9.97. The molecule has 134 valence electrons. The first-order chi connectivity index (χ1) is 11.7. The normalized spacial score (nSPS) is 24.6. The van der Waals surface area contributed by atoms with Gasteiger partial charge < -0.3 is 10.2 Å². The summed E-state index contributed by atoms with van der Waals surface area (Å²) in [6.45, 7) is 14.1. The SMILES string of the molecule is CCC1CNCCN1C(CN1CCCC1)c1ccc(C(C)C)cc1. The summed E-state index contributed by atoms with van der Waals surface area (Å²) < 4.78 is 0. The standard InChI is InChI=1S/C21H35N3/c1-4-20-15-22-11-14-24(20)21(16-23-12-5-6-13-23)19-9-7-18(8-10-19)17(2)3/h7-10,17,20-22H,4-6,11-16H2,1-3H3. The maximum absolute atomic E-state index is 3.58. The van der Waals surface area contributed by atoms with Crippen LogP contribution in [0.3, 0.4) is 0 Å². The molecule has 2 aliphatic heterocycles. The smallest absolute Gasteiger partial charge is 0.0479 e. The molecule has 0 radical (unpaired) electrons. The molecule has 1 aromatic carbocycles. The second-order valence-electron chi connectivity index (χ2n) is 7.85. The summed E-state index contributed by atoms with van der Waals surface area (Å²) in [5.74, 6) is 0.610. The Bertz CT molecular complexity index is 490. The lowest BCUT2D eigenvalue weighted by Crippen LogP contribution is -2.53. The molecule has 1 N–H and O–H groups in total. The Hall–Kier alpha value is -0.900. The van der Waals surface area contributed by atoms with Crippen LogP contribution in [0.4, 0.5) is 0 Å². The van der Waals surface area contributed by atoms with Gasteiger partial charge in [-0.2, -0.15) is 0 Å². The molecular weight excluding hydrogens is 294 g/mol. The molecule has 2 heterocycles. The summed E-state index contributed by atoms with van der Waals surface area (Å²) >= 11 is 0. The number of hydrogen-bond donors (Lipinski definition) is 1. The van der Waals surface area contributed by atoms with Crippen molar-refractivity contribution in [2.24, 2.45) is 0 Å². The zero-order chi connectivity index (χ0) is 16.9. The van der Waals surface area contributed by atoms with Crippen molar-refractivity contribution in [3.63, 3.8) is 0 Å². The van der Waals surface area contributed by atoms with E-state index >= 15 is 0 Å². The first-order valence-corrected chi connectivity index (χ1v) is 9.97. The molecule has 3 nitrogen and oxygen atoms in total. The zero-order valence-corrected chi connectivity index (χ0v) is 15.8. The van der Waals surface area contributed by atoms with E-state index in [4.69, 9.17) is 0 Å².